The van der Waals surface area contributed by atoms with Gasteiger partial charge in [0.25, 0.3) is 0 Å². The van der Waals surface area contributed by atoms with Gasteiger partial charge >= 0.3 is 0 Å². The maximum Gasteiger partial charge on any atom is 0.194 e. The second kappa shape index (κ2) is 10.1. The first-order chi connectivity index (χ1) is 16.4. The van der Waals surface area contributed by atoms with Crippen LogP contribution in [0.2, 0.25) is 0 Å². The third-order valence-electron chi connectivity index (χ3n) is 5.22. The van der Waals surface area contributed by atoms with Crippen LogP contribution in [0.3, 0.4) is 0 Å². The fourth-order valence-electron chi connectivity index (χ4n) is 3.40. The minimum absolute atomic E-state index is 0.0630. The number of aryl methyl sites for hydroxylation is 1. The minimum atomic E-state index is -1.57. The second-order valence-electron chi connectivity index (χ2n) is 7.64. The number of hydrogen-bond acceptors (Lipinski definition) is 0. The molecule has 4 heteroatoms. The van der Waals surface area contributed by atoms with E-state index in [1.54, 1.807) is 24.3 Å². The van der Waals surface area contributed by atoms with Crippen LogP contribution in [0.1, 0.15) is 34.2 Å². The van der Waals surface area contributed by atoms with Crippen LogP contribution in [-0.2, 0) is 6.42 Å². The van der Waals surface area contributed by atoms with Gasteiger partial charge in [-0.3, -0.25) is 0 Å². The largest absolute Gasteiger partial charge is 0.205 e. The topological polar surface area (TPSA) is 0 Å². The van der Waals surface area contributed by atoms with E-state index in [1.165, 1.54) is 11.6 Å². The Bertz CT molecular complexity index is 1480. The van der Waals surface area contributed by atoms with Gasteiger partial charge in [-0.2, -0.15) is 0 Å². The van der Waals surface area contributed by atoms with Crippen molar-refractivity contribution in [1.82, 2.24) is 0 Å². The Morgan fingerprint density at radius 3 is 2.00 bits per heavy atom. The molecule has 0 bridgehead atoms. The molecule has 0 atom stereocenters. The molecule has 0 saturated heterocycles. The Morgan fingerprint density at radius 1 is 0.647 bits per heavy atom. The monoisotopic (exact) mass is 454 g/mol. The van der Waals surface area contributed by atoms with Gasteiger partial charge in [-0.05, 0) is 66.3 Å². The van der Waals surface area contributed by atoms with E-state index in [0.717, 1.165) is 36.1 Å². The zero-order valence-electron chi connectivity index (χ0n) is 18.1. The Kier molecular flexibility index (Phi) is 6.81. The highest BCUT2D eigenvalue weighted by molar-refractivity contribution is 5.86. The average molecular weight is 454 g/mol. The van der Waals surface area contributed by atoms with E-state index in [9.17, 15) is 17.6 Å². The number of halogens is 4. The fourth-order valence-corrected chi connectivity index (χ4v) is 3.40. The zero-order valence-corrected chi connectivity index (χ0v) is 18.1. The summed E-state index contributed by atoms with van der Waals surface area (Å²) in [5, 5.41) is 0.994. The SMILES string of the molecule is C=CCCc1ccc(C#Cc2ccc3c(F)c(C#Cc4cc(F)c(F)c(F)c4)ccc3c2)cc1. The first kappa shape index (κ1) is 22.9. The molecule has 0 aliphatic carbocycles. The minimum Gasteiger partial charge on any atom is -0.205 e. The van der Waals surface area contributed by atoms with Gasteiger partial charge in [0.05, 0.1) is 5.56 Å². The van der Waals surface area contributed by atoms with Gasteiger partial charge in [-0.15, -0.1) is 6.58 Å². The third kappa shape index (κ3) is 5.20. The first-order valence-electron chi connectivity index (χ1n) is 10.6. The second-order valence-corrected chi connectivity index (χ2v) is 7.64. The van der Waals surface area contributed by atoms with Gasteiger partial charge in [0.1, 0.15) is 5.82 Å². The van der Waals surface area contributed by atoms with E-state index in [-0.39, 0.29) is 11.1 Å². The lowest BCUT2D eigenvalue weighted by atomic mass is 10.0. The predicted molar refractivity (Wildman–Crippen MR) is 127 cm³/mol. The molecule has 166 valence electrons. The summed E-state index contributed by atoms with van der Waals surface area (Å²) < 4.78 is 54.7. The molecule has 0 aliphatic heterocycles. The molecule has 0 heterocycles. The summed E-state index contributed by atoms with van der Waals surface area (Å²) in [5.41, 5.74) is 2.81. The lowest BCUT2D eigenvalue weighted by Gasteiger charge is -2.03. The summed E-state index contributed by atoms with van der Waals surface area (Å²) >= 11 is 0. The summed E-state index contributed by atoms with van der Waals surface area (Å²) in [4.78, 5) is 0. The molecule has 0 unspecified atom stereocenters. The van der Waals surface area contributed by atoms with Crippen LogP contribution < -0.4 is 0 Å². The molecule has 34 heavy (non-hydrogen) atoms. The van der Waals surface area contributed by atoms with Gasteiger partial charge in [-0.25, -0.2) is 17.6 Å². The van der Waals surface area contributed by atoms with Crippen molar-refractivity contribution in [2.45, 2.75) is 12.8 Å². The Hall–Kier alpha value is -4.28. The number of allylic oxidation sites excluding steroid dienone is 1. The van der Waals surface area contributed by atoms with Crippen molar-refractivity contribution in [3.8, 4) is 23.7 Å². The van der Waals surface area contributed by atoms with E-state index in [2.05, 4.69) is 30.3 Å². The van der Waals surface area contributed by atoms with Crippen LogP contribution in [-0.4, -0.2) is 0 Å². The summed E-state index contributed by atoms with van der Waals surface area (Å²) in [6, 6.07) is 17.9. The van der Waals surface area contributed by atoms with Crippen molar-refractivity contribution in [1.29, 1.82) is 0 Å². The Labute approximate surface area is 195 Å². The molecule has 4 aromatic carbocycles. The summed E-state index contributed by atoms with van der Waals surface area (Å²) in [6.45, 7) is 3.73. The molecule has 0 saturated carbocycles. The molecule has 0 aliphatic rings. The molecule has 4 rings (SSSR count). The molecule has 0 aromatic heterocycles. The van der Waals surface area contributed by atoms with Crippen LogP contribution in [0.4, 0.5) is 17.6 Å². The van der Waals surface area contributed by atoms with Crippen molar-refractivity contribution in [3.05, 3.63) is 130 Å². The standard InChI is InChI=1S/C30H18F4/c1-2-3-4-20-5-7-21(8-6-20)9-10-22-12-16-26-25(17-22)15-14-24(29(26)33)13-11-23-18-27(31)30(34)28(32)19-23/h2,5-8,12,14-19H,1,3-4H2. The van der Waals surface area contributed by atoms with E-state index in [1.807, 2.05) is 30.3 Å². The molecule has 0 spiro atoms. The molecule has 0 N–H and O–H groups in total. The average Bonchev–Trinajstić information content (AvgIpc) is 2.85. The normalized spacial score (nSPS) is 10.2. The van der Waals surface area contributed by atoms with Gasteiger partial charge in [0.15, 0.2) is 17.5 Å². The van der Waals surface area contributed by atoms with Crippen molar-refractivity contribution >= 4 is 10.8 Å². The summed E-state index contributed by atoms with van der Waals surface area (Å²) in [5.74, 6) is 6.43. The fraction of sp³-hybridized carbons (Fsp3) is 0.0667. The zero-order chi connectivity index (χ0) is 24.1. The van der Waals surface area contributed by atoms with E-state index in [4.69, 9.17) is 0 Å². The van der Waals surface area contributed by atoms with Crippen LogP contribution in [0.25, 0.3) is 10.8 Å². The quantitative estimate of drug-likeness (QED) is 0.132. The van der Waals surface area contributed by atoms with E-state index >= 15 is 0 Å². The Morgan fingerprint density at radius 2 is 1.29 bits per heavy atom. The smallest absolute Gasteiger partial charge is 0.194 e. The highest BCUT2D eigenvalue weighted by atomic mass is 19.2. The lowest BCUT2D eigenvalue weighted by molar-refractivity contribution is 0.446. The lowest BCUT2D eigenvalue weighted by Crippen LogP contribution is -1.92. The van der Waals surface area contributed by atoms with Crippen molar-refractivity contribution in [2.75, 3.05) is 0 Å². The van der Waals surface area contributed by atoms with Crippen molar-refractivity contribution in [3.63, 3.8) is 0 Å². The van der Waals surface area contributed by atoms with E-state index in [0.29, 0.717) is 10.8 Å². The van der Waals surface area contributed by atoms with Gasteiger partial charge in [0, 0.05) is 22.1 Å². The number of fused-ring (bicyclic) bond motifs is 1. The molecule has 0 radical (unpaired) electrons. The Balaban J connectivity index is 1.57. The van der Waals surface area contributed by atoms with Gasteiger partial charge in [-0.1, -0.05) is 54.0 Å². The number of hydrogen-bond donors (Lipinski definition) is 0. The summed E-state index contributed by atoms with van der Waals surface area (Å²) in [7, 11) is 0. The summed E-state index contributed by atoms with van der Waals surface area (Å²) in [6.07, 6.45) is 3.76. The van der Waals surface area contributed by atoms with Crippen LogP contribution >= 0.6 is 0 Å². The van der Waals surface area contributed by atoms with Gasteiger partial charge in [0.2, 0.25) is 0 Å². The highest BCUT2D eigenvalue weighted by Crippen LogP contribution is 2.22. The van der Waals surface area contributed by atoms with Crippen LogP contribution in [0, 0.1) is 47.0 Å². The van der Waals surface area contributed by atoms with Crippen molar-refractivity contribution < 1.29 is 17.6 Å². The highest BCUT2D eigenvalue weighted by Gasteiger charge is 2.10. The molecule has 0 amide bonds. The molecule has 0 fully saturated rings. The maximum absolute atomic E-state index is 15.0. The molecular weight excluding hydrogens is 436 g/mol. The molecular formula is C30H18F4. The van der Waals surface area contributed by atoms with Crippen LogP contribution in [0.5, 0.6) is 0 Å². The first-order valence-corrected chi connectivity index (χ1v) is 10.6. The number of benzene rings is 4. The molecule has 0 nitrogen and oxygen atoms in total. The molecule has 4 aromatic rings. The van der Waals surface area contributed by atoms with E-state index < -0.39 is 23.3 Å². The van der Waals surface area contributed by atoms with Gasteiger partial charge < -0.3 is 0 Å². The van der Waals surface area contributed by atoms with Crippen molar-refractivity contribution in [2.24, 2.45) is 0 Å². The van der Waals surface area contributed by atoms with Crippen LogP contribution in [0.15, 0.2) is 79.4 Å². The number of rotatable bonds is 3. The maximum atomic E-state index is 15.0. The predicted octanol–water partition coefficient (Wildman–Crippen LogP) is 7.31. The third-order valence-corrected chi connectivity index (χ3v) is 5.22.